The topological polar surface area (TPSA) is 74.2 Å². The maximum atomic E-state index is 12.4. The SMILES string of the molecule is CCOP(=O)(CCCC1C(=O)ON=C1c1ccccc1)OCC. The molecule has 23 heavy (non-hydrogen) atoms. The van der Waals surface area contributed by atoms with E-state index >= 15 is 0 Å². The number of carbonyl (C=O) groups is 1. The Balaban J connectivity index is 1.97. The fourth-order valence-electron chi connectivity index (χ4n) is 2.50. The minimum absolute atomic E-state index is 0.278. The van der Waals surface area contributed by atoms with Crippen LogP contribution < -0.4 is 0 Å². The van der Waals surface area contributed by atoms with Gasteiger partial charge in [-0.25, -0.2) is 4.79 Å². The van der Waals surface area contributed by atoms with E-state index in [-0.39, 0.29) is 12.1 Å². The smallest absolute Gasteiger partial charge is 0.317 e. The van der Waals surface area contributed by atoms with Gasteiger partial charge in [0.05, 0.1) is 19.4 Å². The third-order valence-electron chi connectivity index (χ3n) is 3.49. The van der Waals surface area contributed by atoms with Crippen LogP contribution in [0.3, 0.4) is 0 Å². The molecule has 0 saturated carbocycles. The number of hydrogen-bond acceptors (Lipinski definition) is 6. The molecule has 0 fully saturated rings. The second-order valence-electron chi connectivity index (χ2n) is 5.12. The normalized spacial score (nSPS) is 17.9. The molecule has 1 atom stereocenters. The lowest BCUT2D eigenvalue weighted by Crippen LogP contribution is -2.19. The van der Waals surface area contributed by atoms with E-state index < -0.39 is 13.5 Å². The van der Waals surface area contributed by atoms with Crippen molar-refractivity contribution in [2.45, 2.75) is 26.7 Å². The highest BCUT2D eigenvalue weighted by Crippen LogP contribution is 2.49. The summed E-state index contributed by atoms with van der Waals surface area (Å²) in [4.78, 5) is 16.7. The Morgan fingerprint density at radius 1 is 1.17 bits per heavy atom. The first-order valence-corrected chi connectivity index (χ1v) is 9.54. The maximum Gasteiger partial charge on any atom is 0.344 e. The third-order valence-corrected chi connectivity index (χ3v) is 5.66. The van der Waals surface area contributed by atoms with Crippen molar-refractivity contribution in [1.82, 2.24) is 0 Å². The van der Waals surface area contributed by atoms with Crippen molar-refractivity contribution in [3.8, 4) is 0 Å². The van der Waals surface area contributed by atoms with E-state index in [1.54, 1.807) is 13.8 Å². The lowest BCUT2D eigenvalue weighted by molar-refractivity contribution is -0.143. The maximum absolute atomic E-state index is 12.4. The van der Waals surface area contributed by atoms with Gasteiger partial charge in [0.25, 0.3) is 0 Å². The zero-order chi connectivity index (χ0) is 16.7. The molecule has 1 aromatic rings. The molecule has 0 aromatic heterocycles. The Morgan fingerprint density at radius 2 is 1.83 bits per heavy atom. The Labute approximate surface area is 136 Å². The molecule has 0 saturated heterocycles. The molecule has 126 valence electrons. The standard InChI is InChI=1S/C16H22NO5P/c1-3-20-23(19,21-4-2)12-8-11-14-15(17-22-16(14)18)13-9-6-5-7-10-13/h5-7,9-10,14H,3-4,8,11-12H2,1-2H3. The fraction of sp³-hybridized carbons (Fsp3) is 0.500. The predicted octanol–water partition coefficient (Wildman–Crippen LogP) is 3.61. The highest BCUT2D eigenvalue weighted by molar-refractivity contribution is 7.53. The molecule has 1 unspecified atom stereocenters. The van der Waals surface area contributed by atoms with Crippen LogP contribution in [0.2, 0.25) is 0 Å². The Kier molecular flexibility index (Phi) is 6.51. The number of rotatable bonds is 9. The lowest BCUT2D eigenvalue weighted by atomic mass is 9.93. The van der Waals surface area contributed by atoms with E-state index in [0.717, 1.165) is 5.56 Å². The number of carbonyl (C=O) groups excluding carboxylic acids is 1. The molecule has 7 heteroatoms. The highest BCUT2D eigenvalue weighted by Gasteiger charge is 2.34. The summed E-state index contributed by atoms with van der Waals surface area (Å²) in [5.41, 5.74) is 1.49. The molecule has 0 aliphatic carbocycles. The van der Waals surface area contributed by atoms with E-state index in [9.17, 15) is 9.36 Å². The van der Waals surface area contributed by atoms with Crippen LogP contribution >= 0.6 is 7.60 Å². The average molecular weight is 339 g/mol. The predicted molar refractivity (Wildman–Crippen MR) is 87.5 cm³/mol. The minimum Gasteiger partial charge on any atom is -0.317 e. The van der Waals surface area contributed by atoms with E-state index in [2.05, 4.69) is 5.16 Å². The largest absolute Gasteiger partial charge is 0.344 e. The van der Waals surface area contributed by atoms with Crippen molar-refractivity contribution < 1.29 is 23.2 Å². The first-order valence-electron chi connectivity index (χ1n) is 7.82. The van der Waals surface area contributed by atoms with Gasteiger partial charge >= 0.3 is 13.6 Å². The van der Waals surface area contributed by atoms with Crippen LogP contribution in [0.1, 0.15) is 32.3 Å². The van der Waals surface area contributed by atoms with E-state index in [1.165, 1.54) is 0 Å². The molecule has 0 N–H and O–H groups in total. The molecule has 2 rings (SSSR count). The highest BCUT2D eigenvalue weighted by atomic mass is 31.2. The number of hydrogen-bond donors (Lipinski definition) is 0. The van der Waals surface area contributed by atoms with Gasteiger partial charge in [0.1, 0.15) is 11.6 Å². The van der Waals surface area contributed by atoms with E-state index in [0.29, 0.717) is 31.8 Å². The van der Waals surface area contributed by atoms with Crippen molar-refractivity contribution >= 4 is 19.3 Å². The van der Waals surface area contributed by atoms with Crippen LogP contribution in [-0.4, -0.2) is 31.1 Å². The van der Waals surface area contributed by atoms with Gasteiger partial charge in [-0.2, -0.15) is 0 Å². The van der Waals surface area contributed by atoms with Crippen LogP contribution in [0, 0.1) is 5.92 Å². The zero-order valence-electron chi connectivity index (χ0n) is 13.4. The van der Waals surface area contributed by atoms with E-state index in [1.807, 2.05) is 30.3 Å². The first kappa shape index (κ1) is 17.9. The van der Waals surface area contributed by atoms with Gasteiger partial charge in [-0.15, -0.1) is 0 Å². The summed E-state index contributed by atoms with van der Waals surface area (Å²) in [6.45, 7) is 4.22. The number of benzene rings is 1. The van der Waals surface area contributed by atoms with Crippen LogP contribution in [0.5, 0.6) is 0 Å². The first-order chi connectivity index (χ1) is 11.1. The summed E-state index contributed by atoms with van der Waals surface area (Å²) in [7, 11) is -3.08. The van der Waals surface area contributed by atoms with E-state index in [4.69, 9.17) is 13.9 Å². The molecule has 0 bridgehead atoms. The summed E-state index contributed by atoms with van der Waals surface area (Å²) in [5.74, 6) is -0.805. The van der Waals surface area contributed by atoms with Crippen molar-refractivity contribution in [3.63, 3.8) is 0 Å². The van der Waals surface area contributed by atoms with Gasteiger partial charge < -0.3 is 13.9 Å². The van der Waals surface area contributed by atoms with Gasteiger partial charge in [-0.05, 0) is 26.7 Å². The summed E-state index contributed by atoms with van der Waals surface area (Å²) >= 11 is 0. The summed E-state index contributed by atoms with van der Waals surface area (Å²) in [6, 6.07) is 9.45. The quantitative estimate of drug-likeness (QED) is 0.507. The van der Waals surface area contributed by atoms with Crippen molar-refractivity contribution in [2.75, 3.05) is 19.4 Å². The lowest BCUT2D eigenvalue weighted by Gasteiger charge is -2.17. The minimum atomic E-state index is -3.08. The van der Waals surface area contributed by atoms with Gasteiger partial charge in [-0.1, -0.05) is 35.5 Å². The fourth-order valence-corrected chi connectivity index (χ4v) is 4.19. The van der Waals surface area contributed by atoms with Crippen LogP contribution in [0.4, 0.5) is 0 Å². The van der Waals surface area contributed by atoms with Gasteiger partial charge in [0.15, 0.2) is 0 Å². The second-order valence-corrected chi connectivity index (χ2v) is 7.30. The molecule has 1 aliphatic heterocycles. The van der Waals surface area contributed by atoms with Crippen molar-refractivity contribution in [3.05, 3.63) is 35.9 Å². The average Bonchev–Trinajstić information content (AvgIpc) is 2.90. The Bertz CT molecular complexity index is 592. The summed E-state index contributed by atoms with van der Waals surface area (Å²) in [5, 5.41) is 3.89. The molecule has 0 spiro atoms. The summed E-state index contributed by atoms with van der Waals surface area (Å²) in [6.07, 6.45) is 1.31. The molecule has 6 nitrogen and oxygen atoms in total. The van der Waals surface area contributed by atoms with Gasteiger partial charge in [0.2, 0.25) is 0 Å². The molecule has 0 amide bonds. The number of nitrogens with zero attached hydrogens (tertiary/aromatic N) is 1. The zero-order valence-corrected chi connectivity index (χ0v) is 14.3. The molecular weight excluding hydrogens is 317 g/mol. The van der Waals surface area contributed by atoms with Crippen LogP contribution in [-0.2, 0) is 23.2 Å². The molecule has 1 aromatic carbocycles. The molecular formula is C16H22NO5P. The Hall–Kier alpha value is -1.49. The summed E-state index contributed by atoms with van der Waals surface area (Å²) < 4.78 is 22.9. The van der Waals surface area contributed by atoms with Crippen LogP contribution in [0.25, 0.3) is 0 Å². The van der Waals surface area contributed by atoms with Gasteiger partial charge in [0, 0.05) is 5.56 Å². The van der Waals surface area contributed by atoms with Gasteiger partial charge in [-0.3, -0.25) is 4.57 Å². The third kappa shape index (κ3) is 4.74. The molecule has 1 heterocycles. The monoisotopic (exact) mass is 339 g/mol. The van der Waals surface area contributed by atoms with Crippen molar-refractivity contribution in [2.24, 2.45) is 11.1 Å². The second kappa shape index (κ2) is 8.39. The van der Waals surface area contributed by atoms with Crippen molar-refractivity contribution in [1.29, 1.82) is 0 Å². The Morgan fingerprint density at radius 3 is 2.43 bits per heavy atom. The molecule has 1 aliphatic rings. The van der Waals surface area contributed by atoms with Crippen LogP contribution in [0.15, 0.2) is 35.5 Å². The number of oxime groups is 1. The molecule has 0 radical (unpaired) electrons.